The summed E-state index contributed by atoms with van der Waals surface area (Å²) in [6.45, 7) is 0. The molecule has 1 fully saturated rings. The number of imidazole rings is 1. The quantitative estimate of drug-likeness (QED) is 0.312. The number of carbonyl (C=O) groups is 1. The summed E-state index contributed by atoms with van der Waals surface area (Å²) < 4.78 is 31.4. The molecular weight excluding hydrogens is 546 g/mol. The van der Waals surface area contributed by atoms with Gasteiger partial charge in [0, 0.05) is 28.4 Å². The molecule has 8 nitrogen and oxygen atoms in total. The fraction of sp³-hybridized carbons (Fsp3) is 0.259. The van der Waals surface area contributed by atoms with Crippen molar-refractivity contribution >= 4 is 36.8 Å². The van der Waals surface area contributed by atoms with Gasteiger partial charge in [0.15, 0.2) is 0 Å². The van der Waals surface area contributed by atoms with Crippen LogP contribution >= 0.6 is 25.1 Å². The number of aromatic amines is 1. The van der Waals surface area contributed by atoms with Crippen LogP contribution in [0.3, 0.4) is 0 Å². The van der Waals surface area contributed by atoms with Gasteiger partial charge in [0.2, 0.25) is 5.95 Å². The number of nitrogens with two attached hydrogens (primary N) is 1. The number of rotatable bonds is 2. The van der Waals surface area contributed by atoms with E-state index in [0.717, 1.165) is 12.8 Å². The third kappa shape index (κ3) is 3.94. The molecule has 1 amide bonds. The van der Waals surface area contributed by atoms with Gasteiger partial charge in [-0.2, -0.15) is 17.9 Å². The van der Waals surface area contributed by atoms with E-state index < -0.39 is 23.3 Å². The molecule has 5 heterocycles. The first-order valence-electron chi connectivity index (χ1n) is 12.3. The molecule has 3 aliphatic rings. The van der Waals surface area contributed by atoms with Crippen LogP contribution in [0.4, 0.5) is 14.6 Å². The van der Waals surface area contributed by atoms with Crippen LogP contribution < -0.4 is 16.6 Å². The zero-order chi connectivity index (χ0) is 26.3. The Morgan fingerprint density at radius 1 is 1.10 bits per heavy atom. The van der Waals surface area contributed by atoms with Gasteiger partial charge in [-0.1, -0.05) is 17.7 Å². The molecule has 4 aromatic rings. The Morgan fingerprint density at radius 3 is 2.64 bits per heavy atom. The van der Waals surface area contributed by atoms with Crippen LogP contribution in [0.1, 0.15) is 52.7 Å². The van der Waals surface area contributed by atoms with Gasteiger partial charge in [0.1, 0.15) is 17.5 Å². The number of benzene rings is 1. The van der Waals surface area contributed by atoms with Crippen LogP contribution in [0.2, 0.25) is 5.02 Å². The number of anilines is 1. The molecule has 0 unspecified atom stereocenters. The first-order valence-corrected chi connectivity index (χ1v) is 12.7. The topological polar surface area (TPSA) is 119 Å². The van der Waals surface area contributed by atoms with Crippen molar-refractivity contribution in [2.24, 2.45) is 0 Å². The van der Waals surface area contributed by atoms with Gasteiger partial charge in [0.05, 0.1) is 34.1 Å². The van der Waals surface area contributed by atoms with Crippen molar-refractivity contribution in [2.45, 2.75) is 43.7 Å². The van der Waals surface area contributed by atoms with Crippen LogP contribution in [0, 0.1) is 11.8 Å². The molecule has 1 aliphatic carbocycles. The number of carbonyl (C=O) groups excluding carboxylic acids is 1. The third-order valence-corrected chi connectivity index (χ3v) is 8.12. The Labute approximate surface area is 233 Å². The average molecular weight is 569 g/mol. The van der Waals surface area contributed by atoms with E-state index >= 15 is 4.39 Å². The number of hydrogen-bond acceptors (Lipinski definition) is 5. The molecule has 2 aliphatic heterocycles. The van der Waals surface area contributed by atoms with Crippen molar-refractivity contribution in [3.63, 3.8) is 0 Å². The number of nitrogens with zero attached hydrogens (tertiary/aromatic N) is 3. The predicted molar refractivity (Wildman–Crippen MR) is 147 cm³/mol. The van der Waals surface area contributed by atoms with Gasteiger partial charge in [-0.15, -0.1) is 0 Å². The molecule has 200 valence electrons. The second kappa shape index (κ2) is 8.92. The molecule has 1 saturated carbocycles. The van der Waals surface area contributed by atoms with E-state index in [1.54, 1.807) is 6.07 Å². The van der Waals surface area contributed by atoms with Crippen LogP contribution in [0.25, 0.3) is 22.4 Å². The lowest BCUT2D eigenvalue weighted by Crippen LogP contribution is -2.41. The minimum Gasteiger partial charge on any atom is -0.384 e. The highest BCUT2D eigenvalue weighted by atomic mass is 35.5. The number of amides is 1. The summed E-state index contributed by atoms with van der Waals surface area (Å²) in [5, 5.41) is 3.09. The Morgan fingerprint density at radius 2 is 1.90 bits per heavy atom. The summed E-state index contributed by atoms with van der Waals surface area (Å²) >= 11 is 6.15. The highest BCUT2D eigenvalue weighted by Gasteiger charge is 2.47. The minimum absolute atomic E-state index is 0. The Hall–Kier alpha value is -3.70. The number of halogens is 3. The van der Waals surface area contributed by atoms with Crippen LogP contribution in [-0.4, -0.2) is 31.0 Å². The first kappa shape index (κ1) is 25.6. The number of nitrogens with one attached hydrogen (secondary N) is 2. The summed E-state index contributed by atoms with van der Waals surface area (Å²) in [6.07, 6.45) is 4.40. The van der Waals surface area contributed by atoms with E-state index in [9.17, 15) is 14.0 Å². The lowest BCUT2D eigenvalue weighted by atomic mass is 9.88. The van der Waals surface area contributed by atoms with Gasteiger partial charge in [-0.05, 0) is 55.9 Å². The Kier molecular flexibility index (Phi) is 5.85. The van der Waals surface area contributed by atoms with E-state index in [2.05, 4.69) is 20.3 Å². The van der Waals surface area contributed by atoms with Gasteiger partial charge in [0.25, 0.3) is 11.5 Å². The average Bonchev–Trinajstić information content (AvgIpc) is 3.24. The summed E-state index contributed by atoms with van der Waals surface area (Å²) in [5.74, 6) is -1.21. The molecular formula is C27H23ClF2N6O2S. The van der Waals surface area contributed by atoms with Gasteiger partial charge in [-0.3, -0.25) is 9.59 Å². The maximum atomic E-state index is 15.5. The van der Waals surface area contributed by atoms with Crippen LogP contribution in [0.15, 0.2) is 41.3 Å². The Balaban J connectivity index is 0.00000277. The van der Waals surface area contributed by atoms with Crippen molar-refractivity contribution in [1.29, 1.82) is 0 Å². The van der Waals surface area contributed by atoms with E-state index in [0.29, 0.717) is 42.0 Å². The standard InChI is InChI=1S/C27H21ClF2N6O2.H2S/c28-15-3-1-12-10-27(7-8-27)35-26(38)22-14(21(12)23(15)29)9-20(37)36-17(22)4-5-18(36)25-32-11-16(33-25)13-2-6-19(31)34-24(13)30;/h1-3,6,9,11,18H,4-5,7-8,10H2,(H2,31,34)(H,32,33)(H,35,38);1H2/t18-;/m0./s1. The van der Waals surface area contributed by atoms with Crippen LogP contribution in [0.5, 0.6) is 0 Å². The molecule has 0 radical (unpaired) electrons. The molecule has 3 aromatic heterocycles. The van der Waals surface area contributed by atoms with Crippen molar-refractivity contribution in [3.8, 4) is 22.4 Å². The Bertz CT molecular complexity index is 1750. The molecule has 1 aromatic carbocycles. The fourth-order valence-electron chi connectivity index (χ4n) is 5.86. The van der Waals surface area contributed by atoms with Crippen molar-refractivity contribution in [3.05, 3.63) is 86.3 Å². The number of aromatic nitrogens is 4. The summed E-state index contributed by atoms with van der Waals surface area (Å²) in [6, 6.07) is 7.07. The number of nitrogen functional groups attached to an aromatic ring is 1. The number of fused-ring (bicyclic) bond motifs is 5. The van der Waals surface area contributed by atoms with Crippen LogP contribution in [-0.2, 0) is 12.8 Å². The highest BCUT2D eigenvalue weighted by Crippen LogP contribution is 2.46. The van der Waals surface area contributed by atoms with Crippen molar-refractivity contribution < 1.29 is 13.6 Å². The fourth-order valence-corrected chi connectivity index (χ4v) is 6.02. The SMILES string of the molecule is Nc1ccc(-c2cnc([C@@H]3CCc4c5c(cc(=O)n43)-c3c(ccc(Cl)c3F)CC3(CC3)NC5=O)[nH]2)c(F)n1.S. The molecule has 1 spiro atoms. The normalized spacial score (nSPS) is 18.3. The lowest BCUT2D eigenvalue weighted by molar-refractivity contribution is 0.0929. The summed E-state index contributed by atoms with van der Waals surface area (Å²) in [4.78, 5) is 38.3. The summed E-state index contributed by atoms with van der Waals surface area (Å²) in [5.41, 5.74) is 7.28. The zero-order valence-corrected chi connectivity index (χ0v) is 22.2. The second-order valence-electron chi connectivity index (χ2n) is 10.2. The smallest absolute Gasteiger partial charge is 0.254 e. The number of H-pyrrole nitrogens is 1. The van der Waals surface area contributed by atoms with E-state index in [-0.39, 0.29) is 58.1 Å². The van der Waals surface area contributed by atoms with Gasteiger partial charge < -0.3 is 20.6 Å². The third-order valence-electron chi connectivity index (χ3n) is 7.83. The highest BCUT2D eigenvalue weighted by molar-refractivity contribution is 7.59. The molecule has 0 bridgehead atoms. The molecule has 7 rings (SSSR count). The molecule has 39 heavy (non-hydrogen) atoms. The van der Waals surface area contributed by atoms with E-state index in [1.165, 1.54) is 35.0 Å². The maximum absolute atomic E-state index is 15.5. The lowest BCUT2D eigenvalue weighted by Gasteiger charge is -2.27. The van der Waals surface area contributed by atoms with E-state index in [1.807, 2.05) is 0 Å². The monoisotopic (exact) mass is 568 g/mol. The molecule has 4 N–H and O–H groups in total. The molecule has 0 saturated heterocycles. The van der Waals surface area contributed by atoms with Gasteiger partial charge >= 0.3 is 0 Å². The zero-order valence-electron chi connectivity index (χ0n) is 20.4. The molecule has 12 heteroatoms. The van der Waals surface area contributed by atoms with Crippen molar-refractivity contribution in [2.75, 3.05) is 5.73 Å². The first-order chi connectivity index (χ1) is 18.2. The maximum Gasteiger partial charge on any atom is 0.254 e. The largest absolute Gasteiger partial charge is 0.384 e. The summed E-state index contributed by atoms with van der Waals surface area (Å²) in [7, 11) is 0. The molecule has 1 atom stereocenters. The van der Waals surface area contributed by atoms with Gasteiger partial charge in [-0.25, -0.2) is 14.4 Å². The number of hydrogen-bond donors (Lipinski definition) is 3. The second-order valence-corrected chi connectivity index (χ2v) is 10.6. The predicted octanol–water partition coefficient (Wildman–Crippen LogP) is 4.28. The number of pyridine rings is 2. The van der Waals surface area contributed by atoms with E-state index in [4.69, 9.17) is 17.3 Å². The van der Waals surface area contributed by atoms with Crippen molar-refractivity contribution in [1.82, 2.24) is 24.8 Å². The minimum atomic E-state index is -0.740.